The molecule has 2 N–H and O–H groups in total. The van der Waals surface area contributed by atoms with Gasteiger partial charge in [-0.3, -0.25) is 19.7 Å². The van der Waals surface area contributed by atoms with E-state index in [9.17, 15) is 19.7 Å². The van der Waals surface area contributed by atoms with Crippen molar-refractivity contribution in [3.8, 4) is 0 Å². The number of halogens is 1. The van der Waals surface area contributed by atoms with E-state index in [1.165, 1.54) is 12.1 Å². The summed E-state index contributed by atoms with van der Waals surface area (Å²) in [6.07, 6.45) is 0. The molecule has 9 heteroatoms. The number of hydrogen-bond donors (Lipinski definition) is 2. The highest BCUT2D eigenvalue weighted by Crippen LogP contribution is 2.22. The smallest absolute Gasteiger partial charge is 0.271 e. The zero-order chi connectivity index (χ0) is 20.0. The number of thioether (sulfide) groups is 1. The molecule has 0 aromatic heterocycles. The fraction of sp³-hybridized carbons (Fsp3) is 0.222. The topological polar surface area (TPSA) is 101 Å². The molecule has 0 atom stereocenters. The van der Waals surface area contributed by atoms with Crippen molar-refractivity contribution in [2.75, 3.05) is 22.1 Å². The first kappa shape index (κ1) is 20.7. The van der Waals surface area contributed by atoms with Crippen LogP contribution in [0.25, 0.3) is 0 Å². The maximum absolute atomic E-state index is 12.0. The summed E-state index contributed by atoms with van der Waals surface area (Å²) in [4.78, 5) is 34.3. The van der Waals surface area contributed by atoms with Crippen LogP contribution in [0, 0.1) is 24.0 Å². The summed E-state index contributed by atoms with van der Waals surface area (Å²) < 4.78 is 0. The van der Waals surface area contributed by atoms with E-state index in [0.717, 1.165) is 22.9 Å². The second kappa shape index (κ2) is 9.38. The molecule has 0 saturated heterocycles. The number of nitrogens with zero attached hydrogens (tertiary/aromatic N) is 1. The van der Waals surface area contributed by atoms with Gasteiger partial charge in [-0.15, -0.1) is 11.8 Å². The predicted octanol–water partition coefficient (Wildman–Crippen LogP) is 4.18. The molecule has 0 spiro atoms. The van der Waals surface area contributed by atoms with Crippen molar-refractivity contribution in [2.45, 2.75) is 13.8 Å². The minimum absolute atomic E-state index is 0.0507. The maximum Gasteiger partial charge on any atom is 0.271 e. The van der Waals surface area contributed by atoms with Crippen LogP contribution in [-0.4, -0.2) is 28.2 Å². The van der Waals surface area contributed by atoms with Gasteiger partial charge < -0.3 is 10.6 Å². The number of rotatable bonds is 7. The minimum Gasteiger partial charge on any atom is -0.325 e. The Labute approximate surface area is 165 Å². The Hall–Kier alpha value is -2.58. The number of nitrogens with one attached hydrogen (secondary N) is 2. The quantitative estimate of drug-likeness (QED) is 0.529. The third-order valence-electron chi connectivity index (χ3n) is 3.63. The summed E-state index contributed by atoms with van der Waals surface area (Å²) >= 11 is 7.03. The van der Waals surface area contributed by atoms with E-state index in [-0.39, 0.29) is 29.0 Å². The van der Waals surface area contributed by atoms with Crippen molar-refractivity contribution in [1.82, 2.24) is 0 Å². The van der Waals surface area contributed by atoms with E-state index >= 15 is 0 Å². The lowest BCUT2D eigenvalue weighted by atomic mass is 10.2. The van der Waals surface area contributed by atoms with Crippen LogP contribution in [0.1, 0.15) is 11.1 Å². The number of nitro benzene ring substituents is 1. The Kier molecular flexibility index (Phi) is 7.20. The molecule has 0 heterocycles. The van der Waals surface area contributed by atoms with E-state index in [1.54, 1.807) is 31.2 Å². The molecule has 0 aliphatic rings. The predicted molar refractivity (Wildman–Crippen MR) is 109 cm³/mol. The molecule has 0 radical (unpaired) electrons. The normalized spacial score (nSPS) is 10.3. The lowest BCUT2D eigenvalue weighted by molar-refractivity contribution is -0.384. The molecule has 0 unspecified atom stereocenters. The SMILES string of the molecule is Cc1cc(Cl)ccc1NC(=O)CSCC(=O)Nc1cc([N+](=O)[O-])ccc1C. The van der Waals surface area contributed by atoms with Crippen LogP contribution in [-0.2, 0) is 9.59 Å². The molecule has 7 nitrogen and oxygen atoms in total. The summed E-state index contributed by atoms with van der Waals surface area (Å²) in [6.45, 7) is 3.58. The standard InChI is InChI=1S/C18H18ClN3O4S/c1-11-3-5-14(22(25)26)8-16(11)21-18(24)10-27-9-17(23)20-15-6-4-13(19)7-12(15)2/h3-8H,9-10H2,1-2H3,(H,20,23)(H,21,24). The molecule has 0 aliphatic carbocycles. The van der Waals surface area contributed by atoms with Gasteiger partial charge in [-0.1, -0.05) is 17.7 Å². The number of carbonyl (C=O) groups is 2. The summed E-state index contributed by atoms with van der Waals surface area (Å²) in [7, 11) is 0. The van der Waals surface area contributed by atoms with Crippen LogP contribution in [0.15, 0.2) is 36.4 Å². The molecule has 142 valence electrons. The number of carbonyl (C=O) groups excluding carboxylic acids is 2. The second-order valence-corrected chi connectivity index (χ2v) is 7.23. The fourth-order valence-corrected chi connectivity index (χ4v) is 3.08. The van der Waals surface area contributed by atoms with Crippen molar-refractivity contribution in [2.24, 2.45) is 0 Å². The monoisotopic (exact) mass is 407 g/mol. The van der Waals surface area contributed by atoms with Gasteiger partial charge in [-0.2, -0.15) is 0 Å². The van der Waals surface area contributed by atoms with E-state index in [4.69, 9.17) is 11.6 Å². The maximum atomic E-state index is 12.0. The van der Waals surface area contributed by atoms with Crippen molar-refractivity contribution in [3.05, 3.63) is 62.7 Å². The average molecular weight is 408 g/mol. The molecule has 2 amide bonds. The van der Waals surface area contributed by atoms with Gasteiger partial charge in [0, 0.05) is 22.8 Å². The number of benzene rings is 2. The first-order valence-electron chi connectivity index (χ1n) is 7.95. The minimum atomic E-state index is -0.521. The third-order valence-corrected chi connectivity index (χ3v) is 4.80. The van der Waals surface area contributed by atoms with Crippen molar-refractivity contribution < 1.29 is 14.5 Å². The Bertz CT molecular complexity index is 889. The molecular weight excluding hydrogens is 390 g/mol. The molecule has 0 fully saturated rings. The highest BCUT2D eigenvalue weighted by molar-refractivity contribution is 8.00. The van der Waals surface area contributed by atoms with Gasteiger partial charge in [0.1, 0.15) is 0 Å². The zero-order valence-electron chi connectivity index (χ0n) is 14.7. The van der Waals surface area contributed by atoms with E-state index in [2.05, 4.69) is 10.6 Å². The van der Waals surface area contributed by atoms with Gasteiger partial charge in [-0.05, 0) is 43.2 Å². The lowest BCUT2D eigenvalue weighted by Crippen LogP contribution is -2.19. The summed E-state index contributed by atoms with van der Waals surface area (Å²) in [5.74, 6) is -0.415. The summed E-state index contributed by atoms with van der Waals surface area (Å²) in [6, 6.07) is 9.42. The van der Waals surface area contributed by atoms with Crippen LogP contribution < -0.4 is 10.6 Å². The van der Waals surface area contributed by atoms with Crippen LogP contribution in [0.5, 0.6) is 0 Å². The van der Waals surface area contributed by atoms with E-state index in [0.29, 0.717) is 16.4 Å². The molecule has 27 heavy (non-hydrogen) atoms. The number of non-ortho nitro benzene ring substituents is 1. The van der Waals surface area contributed by atoms with Crippen molar-refractivity contribution >= 4 is 52.2 Å². The highest BCUT2D eigenvalue weighted by atomic mass is 35.5. The fourth-order valence-electron chi connectivity index (χ4n) is 2.23. The van der Waals surface area contributed by atoms with Crippen LogP contribution in [0.4, 0.5) is 17.1 Å². The molecular formula is C18H18ClN3O4S. The van der Waals surface area contributed by atoms with Gasteiger partial charge in [0.2, 0.25) is 11.8 Å². The molecule has 0 bridgehead atoms. The third kappa shape index (κ3) is 6.26. The second-order valence-electron chi connectivity index (χ2n) is 5.80. The zero-order valence-corrected chi connectivity index (χ0v) is 16.3. The summed E-state index contributed by atoms with van der Waals surface area (Å²) in [5.41, 5.74) is 2.52. The van der Waals surface area contributed by atoms with Gasteiger partial charge in [0.25, 0.3) is 5.69 Å². The van der Waals surface area contributed by atoms with E-state index < -0.39 is 4.92 Å². The lowest BCUT2D eigenvalue weighted by Gasteiger charge is -2.09. The molecule has 2 rings (SSSR count). The van der Waals surface area contributed by atoms with Crippen molar-refractivity contribution in [3.63, 3.8) is 0 Å². The van der Waals surface area contributed by atoms with Crippen LogP contribution in [0.2, 0.25) is 5.02 Å². The number of anilines is 2. The Morgan fingerprint density at radius 2 is 1.63 bits per heavy atom. The number of amides is 2. The van der Waals surface area contributed by atoms with Crippen LogP contribution >= 0.6 is 23.4 Å². The Morgan fingerprint density at radius 3 is 2.22 bits per heavy atom. The number of aryl methyl sites for hydroxylation is 2. The summed E-state index contributed by atoms with van der Waals surface area (Å²) in [5, 5.41) is 16.8. The first-order chi connectivity index (χ1) is 12.8. The largest absolute Gasteiger partial charge is 0.325 e. The molecule has 0 aliphatic heterocycles. The molecule has 2 aromatic carbocycles. The average Bonchev–Trinajstić information content (AvgIpc) is 2.59. The molecule has 2 aromatic rings. The molecule has 0 saturated carbocycles. The van der Waals surface area contributed by atoms with Gasteiger partial charge in [0.05, 0.1) is 22.1 Å². The van der Waals surface area contributed by atoms with Crippen LogP contribution in [0.3, 0.4) is 0 Å². The number of nitro groups is 1. The van der Waals surface area contributed by atoms with Crippen molar-refractivity contribution in [1.29, 1.82) is 0 Å². The Balaban J connectivity index is 1.83. The first-order valence-corrected chi connectivity index (χ1v) is 9.48. The number of hydrogen-bond acceptors (Lipinski definition) is 5. The highest BCUT2D eigenvalue weighted by Gasteiger charge is 2.12. The Morgan fingerprint density at radius 1 is 1.00 bits per heavy atom. The van der Waals surface area contributed by atoms with Gasteiger partial charge in [-0.25, -0.2) is 0 Å². The van der Waals surface area contributed by atoms with E-state index in [1.807, 2.05) is 6.92 Å². The van der Waals surface area contributed by atoms with Gasteiger partial charge in [0.15, 0.2) is 0 Å². The van der Waals surface area contributed by atoms with Gasteiger partial charge >= 0.3 is 0 Å².